The molecule has 1 unspecified atom stereocenters. The summed E-state index contributed by atoms with van der Waals surface area (Å²) < 4.78 is 32.8. The predicted octanol–water partition coefficient (Wildman–Crippen LogP) is 3.14. The first kappa shape index (κ1) is 23.2. The lowest BCUT2D eigenvalue weighted by atomic mass is 9.79. The van der Waals surface area contributed by atoms with Crippen LogP contribution >= 0.6 is 0 Å². The molecule has 2 aliphatic rings. The van der Waals surface area contributed by atoms with E-state index in [-0.39, 0.29) is 22.6 Å². The number of carboxylic acids is 1. The Bertz CT molecular complexity index is 1190. The molecule has 178 valence electrons. The average Bonchev–Trinajstić information content (AvgIpc) is 3.59. The second-order valence-electron chi connectivity index (χ2n) is 8.95. The molecular weight excluding hydrogens is 434 g/mol. The zero-order valence-corrected chi connectivity index (χ0v) is 19.0. The van der Waals surface area contributed by atoms with Gasteiger partial charge < -0.3 is 24.7 Å². The van der Waals surface area contributed by atoms with Gasteiger partial charge in [-0.2, -0.15) is 0 Å². The van der Waals surface area contributed by atoms with Gasteiger partial charge in [-0.1, -0.05) is 12.1 Å². The summed E-state index contributed by atoms with van der Waals surface area (Å²) in [6, 6.07) is 0.862. The summed E-state index contributed by atoms with van der Waals surface area (Å²) in [4.78, 5) is 31.2. The van der Waals surface area contributed by atoms with E-state index in [2.05, 4.69) is 10.5 Å². The number of halogens is 2. The van der Waals surface area contributed by atoms with Crippen LogP contribution in [0.4, 0.5) is 14.5 Å². The molecule has 0 bridgehead atoms. The van der Waals surface area contributed by atoms with Gasteiger partial charge in [0.25, 0.3) is 0 Å². The first-order valence-corrected chi connectivity index (χ1v) is 11.1. The maximum atomic E-state index is 16.0. The van der Waals surface area contributed by atoms with Crippen molar-refractivity contribution in [2.45, 2.75) is 39.2 Å². The van der Waals surface area contributed by atoms with Gasteiger partial charge in [0.15, 0.2) is 5.82 Å². The standard InChI is InChI=1S/C23H28F2N4O4/c1-4-33-27-17-7-8-28(12-23(17,2)11-26-3)20-16(24)9-14-19(18(20)25)29(13-5-6-13)10-15(21(14)30)22(31)32/h9-10,13,26H,4-8,11-12H2,1-3H3,(H,31,32)/b27-17+. The molecule has 1 aromatic carbocycles. The Morgan fingerprint density at radius 1 is 1.39 bits per heavy atom. The van der Waals surface area contributed by atoms with E-state index in [9.17, 15) is 14.7 Å². The highest BCUT2D eigenvalue weighted by atomic mass is 19.1. The number of fused-ring (bicyclic) bond motifs is 1. The molecule has 1 aliphatic heterocycles. The molecule has 4 rings (SSSR count). The highest BCUT2D eigenvalue weighted by molar-refractivity contribution is 5.95. The molecule has 2 N–H and O–H groups in total. The van der Waals surface area contributed by atoms with Crippen LogP contribution in [0.15, 0.2) is 22.2 Å². The van der Waals surface area contributed by atoms with Crippen molar-refractivity contribution in [1.29, 1.82) is 0 Å². The van der Waals surface area contributed by atoms with E-state index in [1.54, 1.807) is 11.9 Å². The smallest absolute Gasteiger partial charge is 0.341 e. The normalized spacial score (nSPS) is 22.2. The lowest BCUT2D eigenvalue weighted by Crippen LogP contribution is -2.52. The van der Waals surface area contributed by atoms with Gasteiger partial charge in [-0.3, -0.25) is 4.79 Å². The van der Waals surface area contributed by atoms with Crippen LogP contribution in [0.1, 0.15) is 49.5 Å². The summed E-state index contributed by atoms with van der Waals surface area (Å²) in [5.74, 6) is -3.15. The largest absolute Gasteiger partial charge is 0.477 e. The third kappa shape index (κ3) is 4.07. The van der Waals surface area contributed by atoms with E-state index >= 15 is 8.78 Å². The van der Waals surface area contributed by atoms with Crippen LogP contribution in [0.3, 0.4) is 0 Å². The number of pyridine rings is 1. The van der Waals surface area contributed by atoms with Gasteiger partial charge in [0.1, 0.15) is 23.7 Å². The van der Waals surface area contributed by atoms with E-state index in [4.69, 9.17) is 4.84 Å². The summed E-state index contributed by atoms with van der Waals surface area (Å²) >= 11 is 0. The van der Waals surface area contributed by atoms with Gasteiger partial charge in [-0.25, -0.2) is 13.6 Å². The topological polar surface area (TPSA) is 96.2 Å². The van der Waals surface area contributed by atoms with E-state index in [1.807, 2.05) is 13.8 Å². The second kappa shape index (κ2) is 8.74. The number of oxime groups is 1. The van der Waals surface area contributed by atoms with Crippen LogP contribution in [0.2, 0.25) is 0 Å². The number of rotatable bonds is 7. The van der Waals surface area contributed by atoms with Crippen LogP contribution in [-0.4, -0.2) is 54.6 Å². The number of nitrogens with zero attached hydrogens (tertiary/aromatic N) is 3. The molecule has 2 heterocycles. The van der Waals surface area contributed by atoms with Gasteiger partial charge in [-0.05, 0) is 32.9 Å². The molecule has 2 aromatic rings. The Morgan fingerprint density at radius 3 is 2.73 bits per heavy atom. The van der Waals surface area contributed by atoms with Crippen molar-refractivity contribution in [3.05, 3.63) is 39.7 Å². The first-order chi connectivity index (χ1) is 15.7. The summed E-state index contributed by atoms with van der Waals surface area (Å²) in [5.41, 5.74) is -1.34. The fourth-order valence-corrected chi connectivity index (χ4v) is 4.69. The molecule has 1 aliphatic carbocycles. The minimum Gasteiger partial charge on any atom is -0.477 e. The number of carboxylic acid groups (broad SMARTS) is 1. The third-order valence-electron chi connectivity index (χ3n) is 6.40. The fraction of sp³-hybridized carbons (Fsp3) is 0.522. The lowest BCUT2D eigenvalue weighted by Gasteiger charge is -2.42. The van der Waals surface area contributed by atoms with Gasteiger partial charge in [0, 0.05) is 43.7 Å². The van der Waals surface area contributed by atoms with Crippen molar-refractivity contribution in [3.63, 3.8) is 0 Å². The van der Waals surface area contributed by atoms with Crippen molar-refractivity contribution in [3.8, 4) is 0 Å². The number of hydrogen-bond acceptors (Lipinski definition) is 6. The number of piperidine rings is 1. The molecule has 0 spiro atoms. The molecule has 10 heteroatoms. The van der Waals surface area contributed by atoms with Crippen LogP contribution in [0.5, 0.6) is 0 Å². The maximum Gasteiger partial charge on any atom is 0.341 e. The Morgan fingerprint density at radius 2 is 2.12 bits per heavy atom. The number of carbonyl (C=O) groups is 1. The minimum absolute atomic E-state index is 0.0481. The van der Waals surface area contributed by atoms with Crippen LogP contribution in [-0.2, 0) is 4.84 Å². The predicted molar refractivity (Wildman–Crippen MR) is 121 cm³/mol. The van der Waals surface area contributed by atoms with Crippen molar-refractivity contribution in [1.82, 2.24) is 9.88 Å². The summed E-state index contributed by atoms with van der Waals surface area (Å²) in [5, 5.41) is 16.5. The van der Waals surface area contributed by atoms with E-state index in [0.29, 0.717) is 32.7 Å². The molecule has 0 radical (unpaired) electrons. The SMILES string of the molecule is CCO/N=C1\CCN(c2c(F)cc3c(=O)c(C(=O)O)cn(C4CC4)c3c2F)CC1(C)CNC. The van der Waals surface area contributed by atoms with Gasteiger partial charge in [0.05, 0.1) is 16.6 Å². The second-order valence-corrected chi connectivity index (χ2v) is 8.95. The highest BCUT2D eigenvalue weighted by Gasteiger charge is 2.39. The molecule has 33 heavy (non-hydrogen) atoms. The molecule has 1 aromatic heterocycles. The Kier molecular flexibility index (Phi) is 6.13. The van der Waals surface area contributed by atoms with Gasteiger partial charge in [0.2, 0.25) is 5.43 Å². The Balaban J connectivity index is 1.85. The summed E-state index contributed by atoms with van der Waals surface area (Å²) in [6.07, 6.45) is 3.13. The number of nitrogens with one attached hydrogen (secondary N) is 1. The highest BCUT2D eigenvalue weighted by Crippen LogP contribution is 2.40. The Labute approximate surface area is 189 Å². The van der Waals surface area contributed by atoms with Crippen LogP contribution in [0.25, 0.3) is 10.9 Å². The van der Waals surface area contributed by atoms with Crippen molar-refractivity contribution in [2.75, 3.05) is 38.2 Å². The number of aromatic carboxylic acids is 1. The molecule has 1 saturated heterocycles. The van der Waals surface area contributed by atoms with Crippen molar-refractivity contribution in [2.24, 2.45) is 10.6 Å². The molecule has 1 atom stereocenters. The van der Waals surface area contributed by atoms with E-state index in [1.165, 1.54) is 10.8 Å². The number of aromatic nitrogens is 1. The van der Waals surface area contributed by atoms with Crippen molar-refractivity contribution < 1.29 is 23.5 Å². The Hall–Kier alpha value is -3.01. The zero-order valence-electron chi connectivity index (χ0n) is 19.0. The number of hydrogen-bond donors (Lipinski definition) is 2. The van der Waals surface area contributed by atoms with E-state index < -0.39 is 34.0 Å². The summed E-state index contributed by atoms with van der Waals surface area (Å²) in [6.45, 7) is 5.37. The molecule has 8 nitrogen and oxygen atoms in total. The molecule has 2 fully saturated rings. The zero-order chi connectivity index (χ0) is 23.9. The monoisotopic (exact) mass is 462 g/mol. The molecular formula is C23H28F2N4O4. The molecule has 0 amide bonds. The lowest BCUT2D eigenvalue weighted by molar-refractivity contribution is 0.0694. The van der Waals surface area contributed by atoms with E-state index in [0.717, 1.165) is 24.6 Å². The minimum atomic E-state index is -1.42. The average molecular weight is 462 g/mol. The summed E-state index contributed by atoms with van der Waals surface area (Å²) in [7, 11) is 1.80. The first-order valence-electron chi connectivity index (χ1n) is 11.1. The third-order valence-corrected chi connectivity index (χ3v) is 6.40. The van der Waals surface area contributed by atoms with Crippen molar-refractivity contribution >= 4 is 28.3 Å². The fourth-order valence-electron chi connectivity index (χ4n) is 4.69. The number of benzene rings is 1. The van der Waals surface area contributed by atoms with Gasteiger partial charge in [-0.15, -0.1) is 0 Å². The maximum absolute atomic E-state index is 16.0. The van der Waals surface area contributed by atoms with Crippen LogP contribution < -0.4 is 15.6 Å². The van der Waals surface area contributed by atoms with Gasteiger partial charge >= 0.3 is 5.97 Å². The molecule has 1 saturated carbocycles. The van der Waals surface area contributed by atoms with Crippen LogP contribution in [0, 0.1) is 17.0 Å². The number of anilines is 1. The quantitative estimate of drug-likeness (QED) is 0.614.